The number of carbonyl (C=O) groups is 3. The second-order valence-electron chi connectivity index (χ2n) is 7.00. The van der Waals surface area contributed by atoms with Gasteiger partial charge >= 0.3 is 5.97 Å². The Kier molecular flexibility index (Phi) is 6.93. The van der Waals surface area contributed by atoms with E-state index >= 15 is 0 Å². The predicted molar refractivity (Wildman–Crippen MR) is 109 cm³/mol. The lowest BCUT2D eigenvalue weighted by atomic mass is 10.1. The van der Waals surface area contributed by atoms with Crippen molar-refractivity contribution < 1.29 is 23.9 Å². The monoisotopic (exact) mass is 415 g/mol. The topological polar surface area (TPSA) is 74.7 Å². The highest BCUT2D eigenvalue weighted by Crippen LogP contribution is 2.22. The number of halogens is 1. The van der Waals surface area contributed by atoms with E-state index in [9.17, 15) is 18.8 Å². The number of hydrogen-bond donors (Lipinski definition) is 1. The Balaban J connectivity index is 1.51. The van der Waals surface area contributed by atoms with Crippen LogP contribution in [-0.2, 0) is 22.4 Å². The molecule has 1 saturated heterocycles. The number of aromatic carboxylic acids is 1. The molecule has 0 aliphatic carbocycles. The van der Waals surface area contributed by atoms with Crippen LogP contribution >= 0.6 is 11.3 Å². The predicted octanol–water partition coefficient (Wildman–Crippen LogP) is 3.88. The van der Waals surface area contributed by atoms with Crippen molar-refractivity contribution >= 4 is 29.0 Å². The number of rotatable bonds is 9. The summed E-state index contributed by atoms with van der Waals surface area (Å²) in [6, 6.07) is 9.15. The minimum absolute atomic E-state index is 0.0723. The maximum atomic E-state index is 12.9. The van der Waals surface area contributed by atoms with Crippen LogP contribution in [0.25, 0.3) is 0 Å². The van der Waals surface area contributed by atoms with Gasteiger partial charge in [0.25, 0.3) is 0 Å². The molecule has 1 aromatic carbocycles. The first-order valence-corrected chi connectivity index (χ1v) is 10.3. The van der Waals surface area contributed by atoms with E-state index in [1.54, 1.807) is 29.2 Å². The fraction of sp³-hybridized carbons (Fsp3) is 0.318. The van der Waals surface area contributed by atoms with Gasteiger partial charge in [-0.3, -0.25) is 9.59 Å². The first-order valence-electron chi connectivity index (χ1n) is 9.49. The van der Waals surface area contributed by atoms with Gasteiger partial charge in [-0.1, -0.05) is 18.2 Å². The van der Waals surface area contributed by atoms with Crippen LogP contribution in [0.1, 0.15) is 39.4 Å². The van der Waals surface area contributed by atoms with Gasteiger partial charge in [-0.25, -0.2) is 9.18 Å². The third-order valence-corrected chi connectivity index (χ3v) is 6.00. The number of thiophene rings is 1. The van der Waals surface area contributed by atoms with Crippen molar-refractivity contribution in [2.45, 2.75) is 38.1 Å². The van der Waals surface area contributed by atoms with Gasteiger partial charge in [0.2, 0.25) is 5.91 Å². The average Bonchev–Trinajstić information content (AvgIpc) is 3.30. The lowest BCUT2D eigenvalue weighted by Crippen LogP contribution is -2.33. The second kappa shape index (κ2) is 9.60. The molecular weight excluding hydrogens is 393 g/mol. The molecule has 3 rings (SSSR count). The number of ketones is 1. The van der Waals surface area contributed by atoms with Crippen LogP contribution in [-0.4, -0.2) is 40.3 Å². The fourth-order valence-electron chi connectivity index (χ4n) is 3.38. The molecule has 1 aliphatic rings. The molecule has 29 heavy (non-hydrogen) atoms. The molecule has 2 aromatic rings. The number of allylic oxidation sites excluding steroid dienone is 1. The van der Waals surface area contributed by atoms with Crippen LogP contribution in [0.2, 0.25) is 0 Å². The second-order valence-corrected chi connectivity index (χ2v) is 8.16. The maximum Gasteiger partial charge on any atom is 0.345 e. The van der Waals surface area contributed by atoms with Crippen LogP contribution in [0.15, 0.2) is 48.6 Å². The third kappa shape index (κ3) is 5.84. The maximum absolute atomic E-state index is 12.9. The number of carboxylic acids is 1. The lowest BCUT2D eigenvalue weighted by molar-refractivity contribution is -0.128. The lowest BCUT2D eigenvalue weighted by Gasteiger charge is -2.22. The van der Waals surface area contributed by atoms with E-state index in [1.807, 2.05) is 6.07 Å². The van der Waals surface area contributed by atoms with E-state index in [0.29, 0.717) is 30.7 Å². The summed E-state index contributed by atoms with van der Waals surface area (Å²) >= 11 is 1.26. The number of carbonyl (C=O) groups excluding carboxylic acids is 2. The quantitative estimate of drug-likeness (QED) is 0.631. The summed E-state index contributed by atoms with van der Waals surface area (Å²) in [7, 11) is 0. The Morgan fingerprint density at radius 1 is 1.21 bits per heavy atom. The van der Waals surface area contributed by atoms with Gasteiger partial charge in [-0.15, -0.1) is 11.3 Å². The number of nitrogens with zero attached hydrogens (tertiary/aromatic N) is 1. The highest BCUT2D eigenvalue weighted by Gasteiger charge is 2.28. The molecule has 1 amide bonds. The van der Waals surface area contributed by atoms with Gasteiger partial charge in [0.1, 0.15) is 10.7 Å². The van der Waals surface area contributed by atoms with Gasteiger partial charge in [0, 0.05) is 24.3 Å². The normalized spacial score (nSPS) is 16.7. The number of benzene rings is 1. The molecular formula is C22H22FNO4S. The molecule has 1 N–H and O–H groups in total. The number of aryl methyl sites for hydroxylation is 1. The summed E-state index contributed by atoms with van der Waals surface area (Å²) in [4.78, 5) is 38.4. The standard InChI is InChI=1S/C22H22FNO4S/c23-16-5-3-15(4-6-16)14-18(25)9-7-17-8-12-21(26)24(17)13-1-2-19-10-11-20(29-19)22(27)28/h3-7,9-11,17H,1-2,8,12-14H2,(H,27,28)/b9-7+. The Labute approximate surface area is 172 Å². The van der Waals surface area contributed by atoms with Gasteiger partial charge in [0.05, 0.1) is 6.04 Å². The highest BCUT2D eigenvalue weighted by atomic mass is 32.1. The minimum Gasteiger partial charge on any atom is -0.477 e. The number of carboxylic acid groups (broad SMARTS) is 1. The summed E-state index contributed by atoms with van der Waals surface area (Å²) in [5, 5.41) is 8.98. The average molecular weight is 415 g/mol. The SMILES string of the molecule is O=C(/C=C/C1CCC(=O)N1CCCc1ccc(C(=O)O)s1)Cc1ccc(F)cc1. The van der Waals surface area contributed by atoms with E-state index < -0.39 is 5.97 Å². The number of hydrogen-bond acceptors (Lipinski definition) is 4. The van der Waals surface area contributed by atoms with Crippen molar-refractivity contribution in [3.05, 3.63) is 69.7 Å². The Hall–Kier alpha value is -2.80. The van der Waals surface area contributed by atoms with Gasteiger partial charge < -0.3 is 10.0 Å². The highest BCUT2D eigenvalue weighted by molar-refractivity contribution is 7.13. The molecule has 0 saturated carbocycles. The summed E-state index contributed by atoms with van der Waals surface area (Å²) < 4.78 is 12.9. The zero-order valence-corrected chi connectivity index (χ0v) is 16.7. The molecule has 152 valence electrons. The molecule has 2 heterocycles. The van der Waals surface area contributed by atoms with Gasteiger partial charge in [0.15, 0.2) is 5.78 Å². The van der Waals surface area contributed by atoms with Crippen molar-refractivity contribution in [3.8, 4) is 0 Å². The molecule has 1 fully saturated rings. The van der Waals surface area contributed by atoms with Crippen LogP contribution in [0.3, 0.4) is 0 Å². The Bertz CT molecular complexity index is 919. The molecule has 0 bridgehead atoms. The van der Waals surface area contributed by atoms with Crippen molar-refractivity contribution in [1.29, 1.82) is 0 Å². The molecule has 1 unspecified atom stereocenters. The molecule has 7 heteroatoms. The third-order valence-electron chi connectivity index (χ3n) is 4.87. The van der Waals surface area contributed by atoms with Crippen LogP contribution < -0.4 is 0 Å². The molecule has 5 nitrogen and oxygen atoms in total. The Morgan fingerprint density at radius 3 is 2.66 bits per heavy atom. The molecule has 0 radical (unpaired) electrons. The smallest absolute Gasteiger partial charge is 0.345 e. The Morgan fingerprint density at radius 2 is 1.97 bits per heavy atom. The number of likely N-dealkylation sites (tertiary alicyclic amines) is 1. The van der Waals surface area contributed by atoms with Crippen LogP contribution in [0.4, 0.5) is 4.39 Å². The van der Waals surface area contributed by atoms with Crippen molar-refractivity contribution in [1.82, 2.24) is 4.90 Å². The van der Waals surface area contributed by atoms with E-state index in [0.717, 1.165) is 16.9 Å². The van der Waals surface area contributed by atoms with E-state index in [2.05, 4.69) is 0 Å². The van der Waals surface area contributed by atoms with Crippen molar-refractivity contribution in [2.24, 2.45) is 0 Å². The first-order chi connectivity index (χ1) is 13.9. The zero-order chi connectivity index (χ0) is 20.8. The summed E-state index contributed by atoms with van der Waals surface area (Å²) in [5.74, 6) is -1.27. The number of amides is 1. The molecule has 1 aliphatic heterocycles. The van der Waals surface area contributed by atoms with E-state index in [1.165, 1.54) is 29.5 Å². The van der Waals surface area contributed by atoms with Crippen LogP contribution in [0.5, 0.6) is 0 Å². The largest absolute Gasteiger partial charge is 0.477 e. The summed E-state index contributed by atoms with van der Waals surface area (Å²) in [6.07, 6.45) is 6.08. The van der Waals surface area contributed by atoms with E-state index in [-0.39, 0.29) is 30.0 Å². The van der Waals surface area contributed by atoms with Gasteiger partial charge in [-0.2, -0.15) is 0 Å². The fourth-order valence-corrected chi connectivity index (χ4v) is 4.27. The molecule has 0 spiro atoms. The zero-order valence-electron chi connectivity index (χ0n) is 15.8. The van der Waals surface area contributed by atoms with Crippen molar-refractivity contribution in [3.63, 3.8) is 0 Å². The van der Waals surface area contributed by atoms with Gasteiger partial charge in [-0.05, 0) is 55.2 Å². The van der Waals surface area contributed by atoms with Crippen molar-refractivity contribution in [2.75, 3.05) is 6.54 Å². The molecule has 1 aromatic heterocycles. The minimum atomic E-state index is -0.925. The van der Waals surface area contributed by atoms with E-state index in [4.69, 9.17) is 5.11 Å². The summed E-state index contributed by atoms with van der Waals surface area (Å²) in [6.45, 7) is 0.570. The first kappa shape index (κ1) is 20.9. The summed E-state index contributed by atoms with van der Waals surface area (Å²) in [5.41, 5.74) is 0.747. The van der Waals surface area contributed by atoms with Crippen LogP contribution in [0, 0.1) is 5.82 Å². The molecule has 1 atom stereocenters.